The summed E-state index contributed by atoms with van der Waals surface area (Å²) < 4.78 is 1.55. The molecule has 0 spiro atoms. The highest BCUT2D eigenvalue weighted by molar-refractivity contribution is 14.1. The number of hydrogen-bond donors (Lipinski definition) is 6. The molecule has 0 aromatic heterocycles. The molecule has 0 aliphatic heterocycles. The maximum atomic E-state index is 12.4. The monoisotopic (exact) mass is 690 g/mol. The van der Waals surface area contributed by atoms with Gasteiger partial charge in [0.05, 0.1) is 11.1 Å². The summed E-state index contributed by atoms with van der Waals surface area (Å²) >= 11 is 5.78. The van der Waals surface area contributed by atoms with E-state index in [0.29, 0.717) is 10.7 Å². The molecule has 0 heterocycles. The van der Waals surface area contributed by atoms with Crippen molar-refractivity contribution >= 4 is 79.6 Å². The molecule has 1 rings (SSSR count). The second kappa shape index (κ2) is 11.1. The van der Waals surface area contributed by atoms with Crippen molar-refractivity contribution in [3.8, 4) is 0 Å². The van der Waals surface area contributed by atoms with Gasteiger partial charge in [0.2, 0.25) is 0 Å². The van der Waals surface area contributed by atoms with Crippen LogP contribution in [-0.2, 0) is 0 Å². The minimum absolute atomic E-state index is 0.00996. The number of hydrogen-bond acceptors (Lipinski definition) is 6. The van der Waals surface area contributed by atoms with E-state index in [1.165, 1.54) is 0 Å². The van der Waals surface area contributed by atoms with E-state index in [9.17, 15) is 19.8 Å². The lowest BCUT2D eigenvalue weighted by molar-refractivity contribution is 0.0702. The van der Waals surface area contributed by atoms with E-state index >= 15 is 0 Å². The molecule has 0 saturated heterocycles. The van der Waals surface area contributed by atoms with E-state index < -0.39 is 24.3 Å². The van der Waals surface area contributed by atoms with Crippen LogP contribution >= 0.6 is 67.8 Å². The van der Waals surface area contributed by atoms with Crippen molar-refractivity contribution in [1.82, 2.24) is 10.6 Å². The molecule has 0 aliphatic rings. The summed E-state index contributed by atoms with van der Waals surface area (Å²) in [4.78, 5) is 24.8. The molecule has 25 heavy (non-hydrogen) atoms. The maximum Gasteiger partial charge on any atom is 0.255 e. The van der Waals surface area contributed by atoms with Crippen LogP contribution in [0.15, 0.2) is 6.07 Å². The Balaban J connectivity index is 3.17. The first-order valence-electron chi connectivity index (χ1n) is 7.10. The number of aliphatic hydroxyl groups is 4. The standard InChI is InChI=1S/C14H17I3N2O6/c15-6-5-7(16)11(14(25)19-9(23)2-4-21)12(17)10(6)13(24)18-8(22)1-3-20/h5,8-9,20-23H,1-4H2,(H,18,24)(H,19,25). The molecule has 1 aromatic carbocycles. The molecule has 140 valence electrons. The molecule has 11 heteroatoms. The van der Waals surface area contributed by atoms with Crippen LogP contribution in [0.5, 0.6) is 0 Å². The number of aliphatic hydroxyl groups excluding tert-OH is 4. The summed E-state index contributed by atoms with van der Waals surface area (Å²) in [6.07, 6.45) is -2.42. The van der Waals surface area contributed by atoms with Gasteiger partial charge in [0.1, 0.15) is 12.5 Å². The average molecular weight is 690 g/mol. The van der Waals surface area contributed by atoms with Crippen molar-refractivity contribution < 1.29 is 30.0 Å². The van der Waals surface area contributed by atoms with Gasteiger partial charge in [0.25, 0.3) is 11.8 Å². The highest BCUT2D eigenvalue weighted by atomic mass is 127. The van der Waals surface area contributed by atoms with Crippen LogP contribution < -0.4 is 10.6 Å². The van der Waals surface area contributed by atoms with Crippen LogP contribution in [0.3, 0.4) is 0 Å². The van der Waals surface area contributed by atoms with Crippen LogP contribution in [0.4, 0.5) is 0 Å². The normalized spacial score (nSPS) is 13.2. The number of carbonyl (C=O) groups excluding carboxylic acids is 2. The summed E-state index contributed by atoms with van der Waals surface area (Å²) in [7, 11) is 0. The zero-order valence-corrected chi connectivity index (χ0v) is 19.3. The van der Waals surface area contributed by atoms with Crippen molar-refractivity contribution in [3.63, 3.8) is 0 Å². The van der Waals surface area contributed by atoms with Crippen molar-refractivity contribution in [2.75, 3.05) is 13.2 Å². The van der Waals surface area contributed by atoms with Crippen LogP contribution in [0.1, 0.15) is 33.6 Å². The Labute approximate surface area is 185 Å². The third-order valence-corrected chi connectivity index (χ3v) is 5.81. The van der Waals surface area contributed by atoms with Gasteiger partial charge in [-0.3, -0.25) is 9.59 Å². The highest BCUT2D eigenvalue weighted by Gasteiger charge is 2.25. The van der Waals surface area contributed by atoms with Gasteiger partial charge in [-0.1, -0.05) is 0 Å². The van der Waals surface area contributed by atoms with Gasteiger partial charge in [-0.15, -0.1) is 0 Å². The Hall–Kier alpha value is 0.190. The SMILES string of the molecule is O=C(NC(O)CCO)c1c(I)cc(I)c(C(=O)NC(O)CCO)c1I. The van der Waals surface area contributed by atoms with Gasteiger partial charge < -0.3 is 31.1 Å². The quantitative estimate of drug-likeness (QED) is 0.172. The Bertz CT molecular complexity index is 593. The number of carbonyl (C=O) groups is 2. The van der Waals surface area contributed by atoms with E-state index in [2.05, 4.69) is 10.6 Å². The van der Waals surface area contributed by atoms with Gasteiger partial charge in [-0.25, -0.2) is 0 Å². The lowest BCUT2D eigenvalue weighted by Gasteiger charge is -2.18. The first-order valence-corrected chi connectivity index (χ1v) is 10.3. The third-order valence-electron chi connectivity index (χ3n) is 3.02. The topological polar surface area (TPSA) is 139 Å². The minimum Gasteiger partial charge on any atom is -0.396 e. The van der Waals surface area contributed by atoms with Gasteiger partial charge >= 0.3 is 0 Å². The Morgan fingerprint density at radius 3 is 1.56 bits per heavy atom. The fourth-order valence-corrected chi connectivity index (χ4v) is 6.19. The van der Waals surface area contributed by atoms with E-state index in [0.717, 1.165) is 0 Å². The Morgan fingerprint density at radius 2 is 1.24 bits per heavy atom. The highest BCUT2D eigenvalue weighted by Crippen LogP contribution is 2.28. The predicted octanol–water partition coefficient (Wildman–Crippen LogP) is 0.362. The van der Waals surface area contributed by atoms with Crippen molar-refractivity contribution in [3.05, 3.63) is 27.9 Å². The number of benzene rings is 1. The molecule has 2 unspecified atom stereocenters. The number of amides is 2. The second-order valence-corrected chi connectivity index (χ2v) is 8.31. The van der Waals surface area contributed by atoms with E-state index in [-0.39, 0.29) is 37.2 Å². The Kier molecular flexibility index (Phi) is 10.3. The van der Waals surface area contributed by atoms with E-state index in [1.807, 2.05) is 67.8 Å². The summed E-state index contributed by atoms with van der Waals surface area (Å²) in [5.41, 5.74) is 0.445. The maximum absolute atomic E-state index is 12.4. The van der Waals surface area contributed by atoms with Crippen LogP contribution in [0, 0.1) is 10.7 Å². The molecule has 2 amide bonds. The van der Waals surface area contributed by atoms with Gasteiger partial charge in [-0.2, -0.15) is 0 Å². The van der Waals surface area contributed by atoms with Gasteiger partial charge in [0, 0.05) is 36.8 Å². The molecular weight excluding hydrogens is 673 g/mol. The van der Waals surface area contributed by atoms with Crippen molar-refractivity contribution in [2.24, 2.45) is 0 Å². The first-order chi connectivity index (χ1) is 11.7. The van der Waals surface area contributed by atoms with Crippen LogP contribution in [0.25, 0.3) is 0 Å². The predicted molar refractivity (Wildman–Crippen MR) is 115 cm³/mol. The molecule has 0 saturated carbocycles. The zero-order chi connectivity index (χ0) is 19.1. The smallest absolute Gasteiger partial charge is 0.255 e. The molecule has 0 bridgehead atoms. The van der Waals surface area contributed by atoms with Gasteiger partial charge in [-0.05, 0) is 73.8 Å². The van der Waals surface area contributed by atoms with Gasteiger partial charge in [0.15, 0.2) is 0 Å². The molecular formula is C14H17I3N2O6. The molecule has 0 fully saturated rings. The number of nitrogens with one attached hydrogen (secondary N) is 2. The molecule has 2 atom stereocenters. The summed E-state index contributed by atoms with van der Waals surface area (Å²) in [6.45, 7) is -0.558. The summed E-state index contributed by atoms with van der Waals surface area (Å²) in [5, 5.41) is 41.6. The average Bonchev–Trinajstić information content (AvgIpc) is 2.46. The number of halogens is 3. The first kappa shape index (κ1) is 23.2. The number of rotatable bonds is 8. The van der Waals surface area contributed by atoms with E-state index in [1.54, 1.807) is 6.07 Å². The minimum atomic E-state index is -1.20. The largest absolute Gasteiger partial charge is 0.396 e. The summed E-state index contributed by atoms with van der Waals surface area (Å²) in [6, 6.07) is 1.64. The van der Waals surface area contributed by atoms with Crippen molar-refractivity contribution in [1.29, 1.82) is 0 Å². The Morgan fingerprint density at radius 1 is 0.880 bits per heavy atom. The second-order valence-electron chi connectivity index (χ2n) is 4.91. The fourth-order valence-electron chi connectivity index (χ4n) is 1.84. The molecule has 0 radical (unpaired) electrons. The zero-order valence-electron chi connectivity index (χ0n) is 12.8. The lowest BCUT2D eigenvalue weighted by Crippen LogP contribution is -2.38. The van der Waals surface area contributed by atoms with E-state index in [4.69, 9.17) is 10.2 Å². The van der Waals surface area contributed by atoms with Crippen molar-refractivity contribution in [2.45, 2.75) is 25.3 Å². The van der Waals surface area contributed by atoms with Crippen LogP contribution in [-0.4, -0.2) is 57.9 Å². The fraction of sp³-hybridized carbons (Fsp3) is 0.429. The molecule has 8 nitrogen and oxygen atoms in total. The lowest BCUT2D eigenvalue weighted by atomic mass is 10.1. The van der Waals surface area contributed by atoms with Crippen LogP contribution in [0.2, 0.25) is 0 Å². The third kappa shape index (κ3) is 6.69. The molecule has 1 aromatic rings. The molecule has 0 aliphatic carbocycles. The molecule has 6 N–H and O–H groups in total. The summed E-state index contributed by atoms with van der Waals surface area (Å²) in [5.74, 6) is -1.15.